The van der Waals surface area contributed by atoms with E-state index in [1.165, 1.54) is 0 Å². The molecule has 0 amide bonds. The molecule has 0 aromatic carbocycles. The van der Waals surface area contributed by atoms with Gasteiger partial charge in [0.25, 0.3) is 0 Å². The van der Waals surface area contributed by atoms with Crippen molar-refractivity contribution in [3.05, 3.63) is 12.4 Å². The second-order valence-electron chi connectivity index (χ2n) is 8.18. The Balaban J connectivity index is 1.65. The van der Waals surface area contributed by atoms with E-state index in [9.17, 15) is 0 Å². The van der Waals surface area contributed by atoms with Crippen LogP contribution in [0.5, 0.6) is 0 Å². The summed E-state index contributed by atoms with van der Waals surface area (Å²) >= 11 is 0. The fourth-order valence-corrected chi connectivity index (χ4v) is 3.54. The minimum absolute atomic E-state index is 0.314. The van der Waals surface area contributed by atoms with Crippen LogP contribution in [0.15, 0.2) is 12.4 Å². The van der Waals surface area contributed by atoms with E-state index in [0.717, 1.165) is 24.8 Å². The highest BCUT2D eigenvalue weighted by molar-refractivity contribution is 6.61. The van der Waals surface area contributed by atoms with Crippen molar-refractivity contribution in [1.82, 2.24) is 9.78 Å². The van der Waals surface area contributed by atoms with Gasteiger partial charge in [0.1, 0.15) is 0 Å². The summed E-state index contributed by atoms with van der Waals surface area (Å²) in [5.41, 5.74) is 0.369. The summed E-state index contributed by atoms with van der Waals surface area (Å²) in [4.78, 5) is 0. The standard InChI is InChI=1S/C17H29BN2O3/c1-12-7-14(8-13(2)21-12)10-20-11-15(9-19-20)18-22-16(3,4)17(5,6)23-18/h9,11-14H,7-8,10H2,1-6H3/t12-,13+,14?. The summed E-state index contributed by atoms with van der Waals surface area (Å²) in [6, 6.07) is 0. The smallest absolute Gasteiger partial charge is 0.399 e. The highest BCUT2D eigenvalue weighted by Gasteiger charge is 2.52. The molecule has 0 radical (unpaired) electrons. The molecule has 3 heterocycles. The first-order chi connectivity index (χ1) is 10.7. The van der Waals surface area contributed by atoms with Crippen molar-refractivity contribution < 1.29 is 14.0 Å². The predicted octanol–water partition coefficient (Wildman–Crippen LogP) is 2.39. The molecule has 1 aromatic heterocycles. The fourth-order valence-electron chi connectivity index (χ4n) is 3.54. The number of hydrogen-bond acceptors (Lipinski definition) is 4. The summed E-state index contributed by atoms with van der Waals surface area (Å²) in [6.07, 6.45) is 6.79. The van der Waals surface area contributed by atoms with Gasteiger partial charge in [-0.2, -0.15) is 5.10 Å². The minimum atomic E-state index is -0.332. The van der Waals surface area contributed by atoms with Gasteiger partial charge < -0.3 is 14.0 Å². The number of nitrogens with zero attached hydrogens (tertiary/aromatic N) is 2. The van der Waals surface area contributed by atoms with Crippen LogP contribution in [0.2, 0.25) is 0 Å². The van der Waals surface area contributed by atoms with Gasteiger partial charge >= 0.3 is 7.12 Å². The Labute approximate surface area is 139 Å². The summed E-state index contributed by atoms with van der Waals surface area (Å²) < 4.78 is 20.0. The lowest BCUT2D eigenvalue weighted by atomic mass is 9.82. The molecule has 0 bridgehead atoms. The van der Waals surface area contributed by atoms with Gasteiger partial charge in [-0.1, -0.05) is 0 Å². The Hall–Kier alpha value is -0.845. The molecule has 2 fully saturated rings. The van der Waals surface area contributed by atoms with Gasteiger partial charge in [-0.15, -0.1) is 0 Å². The van der Waals surface area contributed by atoms with Crippen LogP contribution in [0.25, 0.3) is 0 Å². The molecule has 1 aromatic rings. The molecule has 0 aliphatic carbocycles. The van der Waals surface area contributed by atoms with Crippen molar-refractivity contribution in [2.24, 2.45) is 5.92 Å². The van der Waals surface area contributed by atoms with Crippen molar-refractivity contribution >= 4 is 12.6 Å². The lowest BCUT2D eigenvalue weighted by Crippen LogP contribution is -2.41. The van der Waals surface area contributed by atoms with Crippen LogP contribution in [0, 0.1) is 5.92 Å². The first kappa shape index (κ1) is 17.0. The Morgan fingerprint density at radius 1 is 1.13 bits per heavy atom. The van der Waals surface area contributed by atoms with Crippen LogP contribution in [-0.4, -0.2) is 40.3 Å². The molecule has 128 valence electrons. The average Bonchev–Trinajstić information content (AvgIpc) is 2.91. The van der Waals surface area contributed by atoms with Crippen molar-refractivity contribution in [3.8, 4) is 0 Å². The molecule has 2 aliphatic heterocycles. The zero-order chi connectivity index (χ0) is 16.8. The lowest BCUT2D eigenvalue weighted by Gasteiger charge is -2.32. The second kappa shape index (κ2) is 5.90. The summed E-state index contributed by atoms with van der Waals surface area (Å²) in [7, 11) is -0.332. The molecule has 6 heteroatoms. The quantitative estimate of drug-likeness (QED) is 0.802. The topological polar surface area (TPSA) is 45.5 Å². The molecule has 0 N–H and O–H groups in total. The zero-order valence-electron chi connectivity index (χ0n) is 15.2. The van der Waals surface area contributed by atoms with Crippen molar-refractivity contribution in [3.63, 3.8) is 0 Å². The van der Waals surface area contributed by atoms with Crippen molar-refractivity contribution in [2.75, 3.05) is 0 Å². The molecular weight excluding hydrogens is 291 g/mol. The van der Waals surface area contributed by atoms with Crippen LogP contribution in [-0.2, 0) is 20.6 Å². The molecule has 3 atom stereocenters. The monoisotopic (exact) mass is 320 g/mol. The van der Waals surface area contributed by atoms with Gasteiger partial charge in [0.2, 0.25) is 0 Å². The SMILES string of the molecule is C[C@@H]1CC(Cn2cc(B3OC(C)(C)C(C)(C)O3)cn2)C[C@H](C)O1. The molecule has 5 nitrogen and oxygen atoms in total. The lowest BCUT2D eigenvalue weighted by molar-refractivity contribution is -0.0553. The van der Waals surface area contributed by atoms with E-state index in [2.05, 4.69) is 52.8 Å². The third-order valence-electron chi connectivity index (χ3n) is 5.42. The Kier molecular flexibility index (Phi) is 4.36. The van der Waals surface area contributed by atoms with Crippen LogP contribution in [0.4, 0.5) is 0 Å². The second-order valence-corrected chi connectivity index (χ2v) is 8.18. The fraction of sp³-hybridized carbons (Fsp3) is 0.824. The van der Waals surface area contributed by atoms with Crippen LogP contribution >= 0.6 is 0 Å². The highest BCUT2D eigenvalue weighted by atomic mass is 16.7. The highest BCUT2D eigenvalue weighted by Crippen LogP contribution is 2.36. The minimum Gasteiger partial charge on any atom is -0.399 e. The Bertz CT molecular complexity index is 532. The Morgan fingerprint density at radius 3 is 2.26 bits per heavy atom. The van der Waals surface area contributed by atoms with Gasteiger partial charge in [-0.3, -0.25) is 4.68 Å². The number of ether oxygens (including phenoxy) is 1. The number of hydrogen-bond donors (Lipinski definition) is 0. The predicted molar refractivity (Wildman–Crippen MR) is 90.7 cm³/mol. The molecule has 1 unspecified atom stereocenters. The van der Waals surface area contributed by atoms with E-state index in [0.29, 0.717) is 18.1 Å². The summed E-state index contributed by atoms with van der Waals surface area (Å²) in [6.45, 7) is 13.5. The van der Waals surface area contributed by atoms with E-state index in [-0.39, 0.29) is 18.3 Å². The largest absolute Gasteiger partial charge is 0.498 e. The maximum absolute atomic E-state index is 6.09. The third kappa shape index (κ3) is 3.49. The van der Waals surface area contributed by atoms with E-state index in [4.69, 9.17) is 14.0 Å². The van der Waals surface area contributed by atoms with Crippen molar-refractivity contribution in [2.45, 2.75) is 84.3 Å². The first-order valence-electron chi connectivity index (χ1n) is 8.70. The molecule has 2 aliphatic rings. The Morgan fingerprint density at radius 2 is 1.70 bits per heavy atom. The average molecular weight is 320 g/mol. The number of aromatic nitrogens is 2. The van der Waals surface area contributed by atoms with E-state index in [1.807, 2.05) is 10.9 Å². The zero-order valence-corrected chi connectivity index (χ0v) is 15.2. The molecule has 23 heavy (non-hydrogen) atoms. The molecule has 2 saturated heterocycles. The van der Waals surface area contributed by atoms with Gasteiger partial charge in [0.15, 0.2) is 0 Å². The van der Waals surface area contributed by atoms with Crippen LogP contribution in [0.3, 0.4) is 0 Å². The maximum Gasteiger partial charge on any atom is 0.498 e. The first-order valence-corrected chi connectivity index (χ1v) is 8.70. The van der Waals surface area contributed by atoms with Gasteiger partial charge in [0.05, 0.1) is 23.4 Å². The normalized spacial score (nSPS) is 33.1. The van der Waals surface area contributed by atoms with Crippen LogP contribution in [0.1, 0.15) is 54.4 Å². The maximum atomic E-state index is 6.09. The van der Waals surface area contributed by atoms with E-state index in [1.54, 1.807) is 0 Å². The van der Waals surface area contributed by atoms with E-state index < -0.39 is 0 Å². The molecular formula is C17H29BN2O3. The summed E-state index contributed by atoms with van der Waals surface area (Å²) in [5.74, 6) is 0.611. The van der Waals surface area contributed by atoms with Gasteiger partial charge in [-0.25, -0.2) is 0 Å². The van der Waals surface area contributed by atoms with Crippen LogP contribution < -0.4 is 5.46 Å². The van der Waals surface area contributed by atoms with E-state index >= 15 is 0 Å². The molecule has 3 rings (SSSR count). The molecule has 0 saturated carbocycles. The number of rotatable bonds is 3. The third-order valence-corrected chi connectivity index (χ3v) is 5.42. The summed E-state index contributed by atoms with van der Waals surface area (Å²) in [5, 5.41) is 4.52. The van der Waals surface area contributed by atoms with Gasteiger partial charge in [0, 0.05) is 24.4 Å². The van der Waals surface area contributed by atoms with Crippen molar-refractivity contribution in [1.29, 1.82) is 0 Å². The van der Waals surface area contributed by atoms with Gasteiger partial charge in [-0.05, 0) is 60.3 Å². The molecule has 0 spiro atoms.